The topological polar surface area (TPSA) is 56.8 Å². The van der Waals surface area contributed by atoms with Crippen LogP contribution < -0.4 is 4.74 Å². The van der Waals surface area contributed by atoms with E-state index in [1.165, 1.54) is 6.08 Å². The third-order valence-electron chi connectivity index (χ3n) is 1.73. The van der Waals surface area contributed by atoms with E-state index in [0.717, 1.165) is 10.0 Å². The molecule has 0 bridgehead atoms. The average molecular weight is 263 g/mol. The van der Waals surface area contributed by atoms with Gasteiger partial charge in [-0.1, -0.05) is 6.07 Å². The van der Waals surface area contributed by atoms with Gasteiger partial charge in [0.15, 0.2) is 0 Å². The molecule has 0 amide bonds. The summed E-state index contributed by atoms with van der Waals surface area (Å²) in [6.45, 7) is 0. The minimum Gasteiger partial charge on any atom is -0.496 e. The molecule has 0 radical (unpaired) electrons. The molecule has 0 saturated heterocycles. The zero-order valence-electron chi connectivity index (χ0n) is 7.99. The first-order chi connectivity index (χ1) is 7.21. The van der Waals surface area contributed by atoms with Crippen LogP contribution in [-0.2, 0) is 0 Å². The van der Waals surface area contributed by atoms with Crippen LogP contribution in [0.25, 0.3) is 6.08 Å². The number of methoxy groups -OCH3 is 1. The molecule has 0 fully saturated rings. The molecule has 1 aromatic carbocycles. The van der Waals surface area contributed by atoms with Crippen molar-refractivity contribution in [2.24, 2.45) is 0 Å². The van der Waals surface area contributed by atoms with Crippen molar-refractivity contribution in [2.45, 2.75) is 0 Å². The van der Waals surface area contributed by atoms with Gasteiger partial charge in [-0.3, -0.25) is 0 Å². The molecule has 0 heterocycles. The molecule has 0 aliphatic rings. The second kappa shape index (κ2) is 5.19. The van der Waals surface area contributed by atoms with Gasteiger partial charge in [-0.2, -0.15) is 10.5 Å². The van der Waals surface area contributed by atoms with Crippen LogP contribution in [0, 0.1) is 22.7 Å². The number of allylic oxidation sites excluding steroid dienone is 1. The van der Waals surface area contributed by atoms with Crippen LogP contribution in [0.5, 0.6) is 5.75 Å². The van der Waals surface area contributed by atoms with E-state index in [9.17, 15) is 0 Å². The van der Waals surface area contributed by atoms with Gasteiger partial charge in [0.05, 0.1) is 11.6 Å². The summed E-state index contributed by atoms with van der Waals surface area (Å²) < 4.78 is 5.85. The van der Waals surface area contributed by atoms with Gasteiger partial charge in [-0.15, -0.1) is 0 Å². The summed E-state index contributed by atoms with van der Waals surface area (Å²) in [4.78, 5) is 0. The number of nitriles is 2. The zero-order chi connectivity index (χ0) is 11.3. The Labute approximate surface area is 96.3 Å². The van der Waals surface area contributed by atoms with Gasteiger partial charge in [-0.25, -0.2) is 0 Å². The lowest BCUT2D eigenvalue weighted by molar-refractivity contribution is 0.412. The standard InChI is InChI=1S/C11H7BrN2O/c1-15-11-3-2-8(5-10(11)12)4-9(6-13)7-14/h2-5H,1H3. The van der Waals surface area contributed by atoms with Crippen molar-refractivity contribution >= 4 is 22.0 Å². The number of halogens is 1. The van der Waals surface area contributed by atoms with Crippen molar-refractivity contribution in [3.05, 3.63) is 33.8 Å². The lowest BCUT2D eigenvalue weighted by Gasteiger charge is -2.03. The average Bonchev–Trinajstić information content (AvgIpc) is 2.26. The van der Waals surface area contributed by atoms with Crippen LogP contribution in [0.1, 0.15) is 5.56 Å². The van der Waals surface area contributed by atoms with Crippen LogP contribution in [0.3, 0.4) is 0 Å². The lowest BCUT2D eigenvalue weighted by Crippen LogP contribution is -1.84. The largest absolute Gasteiger partial charge is 0.496 e. The monoisotopic (exact) mass is 262 g/mol. The van der Waals surface area contributed by atoms with E-state index in [2.05, 4.69) is 15.9 Å². The maximum absolute atomic E-state index is 8.58. The van der Waals surface area contributed by atoms with Gasteiger partial charge >= 0.3 is 0 Å². The normalized spacial score (nSPS) is 8.53. The Kier molecular flexibility index (Phi) is 3.91. The highest BCUT2D eigenvalue weighted by Crippen LogP contribution is 2.26. The molecule has 3 nitrogen and oxygen atoms in total. The van der Waals surface area contributed by atoms with Gasteiger partial charge in [0.25, 0.3) is 0 Å². The second-order valence-electron chi connectivity index (χ2n) is 2.68. The van der Waals surface area contributed by atoms with E-state index in [-0.39, 0.29) is 5.57 Å². The van der Waals surface area contributed by atoms with E-state index in [4.69, 9.17) is 15.3 Å². The lowest BCUT2D eigenvalue weighted by atomic mass is 10.1. The van der Waals surface area contributed by atoms with Gasteiger partial charge in [0, 0.05) is 0 Å². The first kappa shape index (κ1) is 11.3. The Hall–Kier alpha value is -1.78. The SMILES string of the molecule is COc1ccc(C=C(C#N)C#N)cc1Br. The molecule has 0 saturated carbocycles. The Morgan fingerprint density at radius 1 is 1.40 bits per heavy atom. The highest BCUT2D eigenvalue weighted by molar-refractivity contribution is 9.10. The highest BCUT2D eigenvalue weighted by Gasteiger charge is 2.00. The minimum absolute atomic E-state index is 0.0760. The van der Waals surface area contributed by atoms with Crippen molar-refractivity contribution in [3.8, 4) is 17.9 Å². The molecule has 0 aliphatic heterocycles. The van der Waals surface area contributed by atoms with Crippen molar-refractivity contribution in [1.82, 2.24) is 0 Å². The molecule has 1 rings (SSSR count). The van der Waals surface area contributed by atoms with E-state index < -0.39 is 0 Å². The summed E-state index contributed by atoms with van der Waals surface area (Å²) >= 11 is 3.32. The number of ether oxygens (including phenoxy) is 1. The fourth-order valence-electron chi connectivity index (χ4n) is 1.03. The van der Waals surface area contributed by atoms with E-state index in [1.54, 1.807) is 37.4 Å². The van der Waals surface area contributed by atoms with Crippen molar-refractivity contribution < 1.29 is 4.74 Å². The Bertz CT molecular complexity index is 464. The van der Waals surface area contributed by atoms with Crippen LogP contribution in [0.2, 0.25) is 0 Å². The maximum atomic E-state index is 8.58. The van der Waals surface area contributed by atoms with Gasteiger partial charge in [0.1, 0.15) is 23.5 Å². The summed E-state index contributed by atoms with van der Waals surface area (Å²) in [5.74, 6) is 0.711. The predicted octanol–water partition coefficient (Wildman–Crippen LogP) is 2.89. The first-order valence-corrected chi connectivity index (χ1v) is 4.86. The molecule has 0 N–H and O–H groups in total. The van der Waals surface area contributed by atoms with Gasteiger partial charge in [-0.05, 0) is 39.7 Å². The molecule has 0 unspecified atom stereocenters. The Balaban J connectivity index is 3.11. The van der Waals surface area contributed by atoms with Crippen LogP contribution >= 0.6 is 15.9 Å². The van der Waals surface area contributed by atoms with Gasteiger partial charge < -0.3 is 4.74 Å². The van der Waals surface area contributed by atoms with Crippen LogP contribution in [-0.4, -0.2) is 7.11 Å². The highest BCUT2D eigenvalue weighted by atomic mass is 79.9. The number of hydrogen-bond acceptors (Lipinski definition) is 3. The van der Waals surface area contributed by atoms with Crippen molar-refractivity contribution in [3.63, 3.8) is 0 Å². The van der Waals surface area contributed by atoms with E-state index >= 15 is 0 Å². The van der Waals surface area contributed by atoms with Crippen LogP contribution in [0.15, 0.2) is 28.2 Å². The molecule has 15 heavy (non-hydrogen) atoms. The van der Waals surface area contributed by atoms with Crippen LogP contribution in [0.4, 0.5) is 0 Å². The number of hydrogen-bond donors (Lipinski definition) is 0. The fourth-order valence-corrected chi connectivity index (χ4v) is 1.59. The van der Waals surface area contributed by atoms with Crippen molar-refractivity contribution in [1.29, 1.82) is 10.5 Å². The molecule has 0 atom stereocenters. The summed E-state index contributed by atoms with van der Waals surface area (Å²) in [5, 5.41) is 17.2. The van der Waals surface area contributed by atoms with Gasteiger partial charge in [0.2, 0.25) is 0 Å². The molecule has 74 valence electrons. The number of rotatable bonds is 2. The Morgan fingerprint density at radius 2 is 2.07 bits per heavy atom. The second-order valence-corrected chi connectivity index (χ2v) is 3.53. The molecule has 1 aromatic rings. The Morgan fingerprint density at radius 3 is 2.53 bits per heavy atom. The molecular weight excluding hydrogens is 256 g/mol. The molecular formula is C11H7BrN2O. The van der Waals surface area contributed by atoms with Crippen molar-refractivity contribution in [2.75, 3.05) is 7.11 Å². The van der Waals surface area contributed by atoms with E-state index in [0.29, 0.717) is 5.75 Å². The summed E-state index contributed by atoms with van der Waals surface area (Å²) in [7, 11) is 1.57. The summed E-state index contributed by atoms with van der Waals surface area (Å²) in [6.07, 6.45) is 1.52. The molecule has 0 aliphatic carbocycles. The smallest absolute Gasteiger partial charge is 0.133 e. The number of benzene rings is 1. The molecule has 4 heteroatoms. The number of nitrogens with zero attached hydrogens (tertiary/aromatic N) is 2. The molecule has 0 spiro atoms. The third-order valence-corrected chi connectivity index (χ3v) is 2.35. The summed E-state index contributed by atoms with van der Waals surface area (Å²) in [5.41, 5.74) is 0.854. The third kappa shape index (κ3) is 2.83. The van der Waals surface area contributed by atoms with E-state index in [1.807, 2.05) is 0 Å². The first-order valence-electron chi connectivity index (χ1n) is 4.06. The zero-order valence-corrected chi connectivity index (χ0v) is 9.58. The quantitative estimate of drug-likeness (QED) is 0.771. The maximum Gasteiger partial charge on any atom is 0.133 e. The molecule has 0 aromatic heterocycles. The summed E-state index contributed by atoms with van der Waals surface area (Å²) in [6, 6.07) is 8.93. The predicted molar refractivity (Wildman–Crippen MR) is 59.9 cm³/mol. The minimum atomic E-state index is 0.0760. The fraction of sp³-hybridized carbons (Fsp3) is 0.0909.